The summed E-state index contributed by atoms with van der Waals surface area (Å²) in [5.74, 6) is 0.314. The molecular weight excluding hydrogens is 248 g/mol. The summed E-state index contributed by atoms with van der Waals surface area (Å²) in [6, 6.07) is 0.262. The maximum Gasteiger partial charge on any atom is 0.214 e. The molecule has 0 aromatic rings. The van der Waals surface area contributed by atoms with Crippen LogP contribution >= 0.6 is 0 Å². The van der Waals surface area contributed by atoms with E-state index in [1.165, 1.54) is 6.42 Å². The summed E-state index contributed by atoms with van der Waals surface area (Å²) in [4.78, 5) is 0. The van der Waals surface area contributed by atoms with Crippen LogP contribution in [0.25, 0.3) is 0 Å². The molecule has 1 atom stereocenters. The molecule has 18 heavy (non-hydrogen) atoms. The zero-order chi connectivity index (χ0) is 13.4. The number of sulfonamides is 1. The summed E-state index contributed by atoms with van der Waals surface area (Å²) < 4.78 is 26.5. The second kappa shape index (κ2) is 8.12. The van der Waals surface area contributed by atoms with Gasteiger partial charge < -0.3 is 5.32 Å². The summed E-state index contributed by atoms with van der Waals surface area (Å²) in [6.45, 7) is 3.76. The number of hydrogen-bond acceptors (Lipinski definition) is 3. The van der Waals surface area contributed by atoms with Crippen LogP contribution in [0.2, 0.25) is 0 Å². The van der Waals surface area contributed by atoms with Gasteiger partial charge in [-0.25, -0.2) is 8.42 Å². The highest BCUT2D eigenvalue weighted by Crippen LogP contribution is 2.24. The molecule has 0 aromatic carbocycles. The molecule has 0 amide bonds. The lowest BCUT2D eigenvalue weighted by Crippen LogP contribution is -2.44. The molecular formula is C13H28N2O2S. The van der Waals surface area contributed by atoms with Crippen LogP contribution in [-0.2, 0) is 10.0 Å². The van der Waals surface area contributed by atoms with Gasteiger partial charge in [0.15, 0.2) is 0 Å². The van der Waals surface area contributed by atoms with Crippen LogP contribution in [0.4, 0.5) is 0 Å². The van der Waals surface area contributed by atoms with Gasteiger partial charge in [0.25, 0.3) is 0 Å². The molecule has 1 saturated heterocycles. The van der Waals surface area contributed by atoms with Crippen LogP contribution < -0.4 is 5.32 Å². The second-order valence-corrected chi connectivity index (χ2v) is 7.22. The molecule has 0 aliphatic carbocycles. The van der Waals surface area contributed by atoms with Crippen molar-refractivity contribution in [3.8, 4) is 0 Å². The quantitative estimate of drug-likeness (QED) is 0.690. The Kier molecular flexibility index (Phi) is 7.19. The molecule has 1 aliphatic heterocycles. The normalized spacial score (nSPS) is 22.2. The fourth-order valence-corrected chi connectivity index (χ4v) is 4.54. The predicted octanol–water partition coefficient (Wildman–Crippen LogP) is 1.97. The number of hydrogen-bond donors (Lipinski definition) is 1. The van der Waals surface area contributed by atoms with Gasteiger partial charge in [-0.15, -0.1) is 0 Å². The molecule has 0 saturated carbocycles. The molecule has 0 radical (unpaired) electrons. The molecule has 1 aliphatic rings. The molecule has 5 heteroatoms. The Bertz CT molecular complexity index is 315. The van der Waals surface area contributed by atoms with Crippen molar-refractivity contribution in [2.45, 2.75) is 57.9 Å². The van der Waals surface area contributed by atoms with E-state index >= 15 is 0 Å². The third kappa shape index (κ3) is 4.86. The van der Waals surface area contributed by atoms with E-state index in [0.29, 0.717) is 5.75 Å². The molecule has 1 fully saturated rings. The van der Waals surface area contributed by atoms with E-state index < -0.39 is 10.0 Å². The van der Waals surface area contributed by atoms with E-state index in [-0.39, 0.29) is 6.04 Å². The summed E-state index contributed by atoms with van der Waals surface area (Å²) in [5.41, 5.74) is 0. The number of piperidine rings is 1. The summed E-state index contributed by atoms with van der Waals surface area (Å²) in [5, 5.41) is 3.05. The minimum atomic E-state index is -3.03. The summed E-state index contributed by atoms with van der Waals surface area (Å²) >= 11 is 0. The first-order valence-corrected chi connectivity index (χ1v) is 8.87. The van der Waals surface area contributed by atoms with Crippen LogP contribution in [0.1, 0.15) is 51.9 Å². The van der Waals surface area contributed by atoms with Gasteiger partial charge in [0, 0.05) is 12.6 Å². The Morgan fingerprint density at radius 1 is 1.28 bits per heavy atom. The Balaban J connectivity index is 2.52. The van der Waals surface area contributed by atoms with Gasteiger partial charge in [0.1, 0.15) is 0 Å². The van der Waals surface area contributed by atoms with E-state index in [4.69, 9.17) is 0 Å². The SMILES string of the molecule is CCCC1CCCCN1S(=O)(=O)CCCCNC. The third-order valence-corrected chi connectivity index (χ3v) is 5.63. The minimum absolute atomic E-state index is 0.262. The van der Waals surface area contributed by atoms with E-state index in [0.717, 1.165) is 51.6 Å². The first kappa shape index (κ1) is 15.9. The number of rotatable bonds is 8. The number of nitrogens with one attached hydrogen (secondary N) is 1. The van der Waals surface area contributed by atoms with Crippen molar-refractivity contribution in [2.75, 3.05) is 25.9 Å². The fourth-order valence-electron chi connectivity index (χ4n) is 2.67. The minimum Gasteiger partial charge on any atom is -0.320 e. The van der Waals surface area contributed by atoms with Crippen LogP contribution in [0.5, 0.6) is 0 Å². The molecule has 0 spiro atoms. The molecule has 1 rings (SSSR count). The van der Waals surface area contributed by atoms with Gasteiger partial charge in [-0.1, -0.05) is 19.8 Å². The molecule has 108 valence electrons. The van der Waals surface area contributed by atoms with E-state index in [2.05, 4.69) is 12.2 Å². The van der Waals surface area contributed by atoms with Crippen LogP contribution in [0.15, 0.2) is 0 Å². The van der Waals surface area contributed by atoms with Gasteiger partial charge in [0.05, 0.1) is 5.75 Å². The topological polar surface area (TPSA) is 49.4 Å². The molecule has 0 aromatic heterocycles. The lowest BCUT2D eigenvalue weighted by atomic mass is 10.0. The molecule has 4 nitrogen and oxygen atoms in total. The van der Waals surface area contributed by atoms with Gasteiger partial charge in [-0.3, -0.25) is 0 Å². The van der Waals surface area contributed by atoms with Crippen LogP contribution in [-0.4, -0.2) is 44.7 Å². The van der Waals surface area contributed by atoms with E-state index in [9.17, 15) is 8.42 Å². The van der Waals surface area contributed by atoms with Crippen molar-refractivity contribution in [3.63, 3.8) is 0 Å². The van der Waals surface area contributed by atoms with Crippen molar-refractivity contribution in [1.82, 2.24) is 9.62 Å². The highest BCUT2D eigenvalue weighted by Gasteiger charge is 2.30. The average Bonchev–Trinajstić information content (AvgIpc) is 2.36. The van der Waals surface area contributed by atoms with Gasteiger partial charge in [0.2, 0.25) is 10.0 Å². The second-order valence-electron chi connectivity index (χ2n) is 5.18. The monoisotopic (exact) mass is 276 g/mol. The molecule has 1 unspecified atom stereocenters. The van der Waals surface area contributed by atoms with Gasteiger partial charge in [-0.2, -0.15) is 4.31 Å². The maximum absolute atomic E-state index is 12.3. The van der Waals surface area contributed by atoms with Crippen molar-refractivity contribution in [1.29, 1.82) is 0 Å². The largest absolute Gasteiger partial charge is 0.320 e. The van der Waals surface area contributed by atoms with Crippen molar-refractivity contribution < 1.29 is 8.42 Å². The first-order valence-electron chi connectivity index (χ1n) is 7.26. The van der Waals surface area contributed by atoms with Crippen LogP contribution in [0, 0.1) is 0 Å². The van der Waals surface area contributed by atoms with Gasteiger partial charge >= 0.3 is 0 Å². The first-order chi connectivity index (χ1) is 8.61. The number of unbranched alkanes of at least 4 members (excludes halogenated alkanes) is 1. The Morgan fingerprint density at radius 2 is 2.06 bits per heavy atom. The van der Waals surface area contributed by atoms with Crippen molar-refractivity contribution >= 4 is 10.0 Å². The predicted molar refractivity (Wildman–Crippen MR) is 76.2 cm³/mol. The molecule has 1 heterocycles. The lowest BCUT2D eigenvalue weighted by Gasteiger charge is -2.34. The van der Waals surface area contributed by atoms with Crippen molar-refractivity contribution in [3.05, 3.63) is 0 Å². The third-order valence-electron chi connectivity index (χ3n) is 3.63. The Hall–Kier alpha value is -0.130. The lowest BCUT2D eigenvalue weighted by molar-refractivity contribution is 0.239. The highest BCUT2D eigenvalue weighted by atomic mass is 32.2. The van der Waals surface area contributed by atoms with E-state index in [1.807, 2.05) is 7.05 Å². The van der Waals surface area contributed by atoms with Gasteiger partial charge in [-0.05, 0) is 45.7 Å². The maximum atomic E-state index is 12.3. The average molecular weight is 276 g/mol. The molecule has 1 N–H and O–H groups in total. The van der Waals surface area contributed by atoms with E-state index in [1.54, 1.807) is 4.31 Å². The highest BCUT2D eigenvalue weighted by molar-refractivity contribution is 7.89. The summed E-state index contributed by atoms with van der Waals surface area (Å²) in [6.07, 6.45) is 7.02. The van der Waals surface area contributed by atoms with Crippen molar-refractivity contribution in [2.24, 2.45) is 0 Å². The van der Waals surface area contributed by atoms with Crippen LogP contribution in [0.3, 0.4) is 0 Å². The molecule has 0 bridgehead atoms. The smallest absolute Gasteiger partial charge is 0.214 e. The summed E-state index contributed by atoms with van der Waals surface area (Å²) in [7, 11) is -1.13. The number of nitrogens with zero attached hydrogens (tertiary/aromatic N) is 1. The zero-order valence-electron chi connectivity index (χ0n) is 11.8. The standard InChI is InChI=1S/C13H28N2O2S/c1-3-8-13-9-4-6-11-15(13)18(16,17)12-7-5-10-14-2/h13-14H,3-12H2,1-2H3. The zero-order valence-corrected chi connectivity index (χ0v) is 12.6. The Labute approximate surface area is 112 Å². The fraction of sp³-hybridized carbons (Fsp3) is 1.00. The Morgan fingerprint density at radius 3 is 2.72 bits per heavy atom.